The summed E-state index contributed by atoms with van der Waals surface area (Å²) in [5.74, 6) is -0.934. The first-order valence-electron chi connectivity index (χ1n) is 7.71. The number of carbonyl (C=O) groups excluding carboxylic acids is 1. The Labute approximate surface area is 128 Å². The predicted molar refractivity (Wildman–Crippen MR) is 79.6 cm³/mol. The minimum atomic E-state index is -0.937. The molecule has 1 aromatic rings. The molecule has 0 spiro atoms. The Balaban J connectivity index is 1.95. The van der Waals surface area contributed by atoms with E-state index in [4.69, 9.17) is 0 Å². The van der Waals surface area contributed by atoms with Gasteiger partial charge in [0.1, 0.15) is 6.04 Å². The number of aromatic nitrogens is 1. The number of likely N-dealkylation sites (tertiary alicyclic amines) is 1. The average Bonchev–Trinajstić information content (AvgIpc) is 2.89. The normalized spacial score (nSPS) is 27.5. The van der Waals surface area contributed by atoms with Gasteiger partial charge < -0.3 is 14.6 Å². The van der Waals surface area contributed by atoms with Crippen molar-refractivity contribution in [2.45, 2.75) is 44.2 Å². The summed E-state index contributed by atoms with van der Waals surface area (Å²) in [6.45, 7) is 0. The first-order valence-corrected chi connectivity index (χ1v) is 7.71. The molecular formula is C16H20N2O4. The summed E-state index contributed by atoms with van der Waals surface area (Å²) >= 11 is 0. The fourth-order valence-corrected chi connectivity index (χ4v) is 3.84. The summed E-state index contributed by atoms with van der Waals surface area (Å²) in [7, 11) is 1.58. The van der Waals surface area contributed by atoms with E-state index in [1.165, 1.54) is 22.9 Å². The molecule has 6 heteroatoms. The predicted octanol–water partition coefficient (Wildman–Crippen LogP) is 1.24. The Morgan fingerprint density at radius 1 is 1.23 bits per heavy atom. The zero-order chi connectivity index (χ0) is 15.9. The number of carbonyl (C=O) groups is 2. The van der Waals surface area contributed by atoms with Crippen molar-refractivity contribution in [2.75, 3.05) is 0 Å². The molecule has 3 atom stereocenters. The quantitative estimate of drug-likeness (QED) is 0.891. The van der Waals surface area contributed by atoms with Gasteiger partial charge in [-0.1, -0.05) is 12.8 Å². The van der Waals surface area contributed by atoms with Crippen LogP contribution < -0.4 is 5.56 Å². The molecule has 1 saturated heterocycles. The fraction of sp³-hybridized carbons (Fsp3) is 0.562. The van der Waals surface area contributed by atoms with Crippen LogP contribution >= 0.6 is 0 Å². The van der Waals surface area contributed by atoms with Gasteiger partial charge in [-0.05, 0) is 31.2 Å². The average molecular weight is 304 g/mol. The highest BCUT2D eigenvalue weighted by Crippen LogP contribution is 2.40. The lowest BCUT2D eigenvalue weighted by molar-refractivity contribution is -0.141. The SMILES string of the molecule is Cn1cc(C(=O)N2[C@H](C(=O)O)C[C@H]3CCCC[C@@H]32)ccc1=O. The molecule has 6 nitrogen and oxygen atoms in total. The third-order valence-electron chi connectivity index (χ3n) is 4.94. The van der Waals surface area contributed by atoms with Gasteiger partial charge in [-0.25, -0.2) is 4.79 Å². The highest BCUT2D eigenvalue weighted by Gasteiger charge is 2.47. The van der Waals surface area contributed by atoms with E-state index >= 15 is 0 Å². The van der Waals surface area contributed by atoms with Gasteiger partial charge in [-0.15, -0.1) is 0 Å². The molecule has 2 aliphatic rings. The molecule has 0 unspecified atom stereocenters. The Bertz CT molecular complexity index is 666. The molecule has 1 N–H and O–H groups in total. The standard InChI is InChI=1S/C16H20N2O4/c1-17-9-11(6-7-14(17)19)15(20)18-12-5-3-2-4-10(12)8-13(18)16(21)22/h6-7,9-10,12-13H,2-5,8H2,1H3,(H,21,22)/t10-,12+,13+/m1/s1. The van der Waals surface area contributed by atoms with Crippen molar-refractivity contribution >= 4 is 11.9 Å². The zero-order valence-corrected chi connectivity index (χ0v) is 12.6. The van der Waals surface area contributed by atoms with Crippen LogP contribution in [0.3, 0.4) is 0 Å². The first-order chi connectivity index (χ1) is 10.5. The number of pyridine rings is 1. The van der Waals surface area contributed by atoms with E-state index in [1.807, 2.05) is 0 Å². The number of carboxylic acids is 1. The van der Waals surface area contributed by atoms with E-state index in [1.54, 1.807) is 11.9 Å². The minimum Gasteiger partial charge on any atom is -0.480 e. The monoisotopic (exact) mass is 304 g/mol. The summed E-state index contributed by atoms with van der Waals surface area (Å²) in [5, 5.41) is 9.48. The van der Waals surface area contributed by atoms with E-state index in [-0.39, 0.29) is 23.4 Å². The number of hydrogen-bond acceptors (Lipinski definition) is 3. The van der Waals surface area contributed by atoms with Crippen LogP contribution in [0.5, 0.6) is 0 Å². The molecule has 1 saturated carbocycles. The molecule has 0 bridgehead atoms. The highest BCUT2D eigenvalue weighted by atomic mass is 16.4. The summed E-state index contributed by atoms with van der Waals surface area (Å²) in [4.78, 5) is 37.4. The minimum absolute atomic E-state index is 0.0135. The van der Waals surface area contributed by atoms with Crippen LogP contribution in [0, 0.1) is 5.92 Å². The number of aryl methyl sites for hydroxylation is 1. The van der Waals surface area contributed by atoms with Crippen molar-refractivity contribution in [2.24, 2.45) is 13.0 Å². The maximum absolute atomic E-state index is 12.8. The van der Waals surface area contributed by atoms with Crippen LogP contribution in [0.4, 0.5) is 0 Å². The summed E-state index contributed by atoms with van der Waals surface area (Å²) in [6, 6.07) is 2.09. The molecule has 1 aliphatic heterocycles. The van der Waals surface area contributed by atoms with Gasteiger partial charge in [-0.3, -0.25) is 9.59 Å². The molecule has 2 heterocycles. The van der Waals surface area contributed by atoms with Crippen LogP contribution in [-0.4, -0.2) is 38.5 Å². The number of fused-ring (bicyclic) bond motifs is 1. The second kappa shape index (κ2) is 5.59. The lowest BCUT2D eigenvalue weighted by Crippen LogP contribution is -2.46. The molecule has 0 radical (unpaired) electrons. The molecule has 118 valence electrons. The molecular weight excluding hydrogens is 284 g/mol. The Morgan fingerprint density at radius 2 is 1.95 bits per heavy atom. The Kier molecular flexibility index (Phi) is 3.76. The van der Waals surface area contributed by atoms with Crippen LogP contribution in [0.25, 0.3) is 0 Å². The van der Waals surface area contributed by atoms with Gasteiger partial charge >= 0.3 is 5.97 Å². The highest BCUT2D eigenvalue weighted by molar-refractivity contribution is 5.97. The number of carboxylic acid groups (broad SMARTS) is 1. The van der Waals surface area contributed by atoms with Crippen molar-refractivity contribution in [3.63, 3.8) is 0 Å². The third kappa shape index (κ3) is 2.42. The third-order valence-corrected chi connectivity index (χ3v) is 4.94. The lowest BCUT2D eigenvalue weighted by atomic mass is 9.84. The Morgan fingerprint density at radius 3 is 2.64 bits per heavy atom. The maximum atomic E-state index is 12.8. The summed E-state index contributed by atoms with van der Waals surface area (Å²) in [6.07, 6.45) is 6.02. The fourth-order valence-electron chi connectivity index (χ4n) is 3.84. The van der Waals surface area contributed by atoms with Crippen molar-refractivity contribution in [1.29, 1.82) is 0 Å². The van der Waals surface area contributed by atoms with Crippen molar-refractivity contribution in [1.82, 2.24) is 9.47 Å². The first kappa shape index (κ1) is 14.8. The Hall–Kier alpha value is -2.11. The lowest BCUT2D eigenvalue weighted by Gasteiger charge is -2.33. The van der Waals surface area contributed by atoms with Gasteiger partial charge in [0.05, 0.1) is 5.56 Å². The number of amides is 1. The van der Waals surface area contributed by atoms with E-state index < -0.39 is 12.0 Å². The van der Waals surface area contributed by atoms with Crippen LogP contribution in [-0.2, 0) is 11.8 Å². The van der Waals surface area contributed by atoms with Gasteiger partial charge in [0.15, 0.2) is 0 Å². The van der Waals surface area contributed by atoms with Crippen LogP contribution in [0.2, 0.25) is 0 Å². The van der Waals surface area contributed by atoms with Gasteiger partial charge in [0.25, 0.3) is 5.91 Å². The summed E-state index contributed by atoms with van der Waals surface area (Å²) < 4.78 is 1.34. The van der Waals surface area contributed by atoms with E-state index in [2.05, 4.69) is 0 Å². The molecule has 3 rings (SSSR count). The number of rotatable bonds is 2. The second-order valence-corrected chi connectivity index (χ2v) is 6.28. The maximum Gasteiger partial charge on any atom is 0.326 e. The van der Waals surface area contributed by atoms with Crippen molar-refractivity contribution in [3.05, 3.63) is 34.2 Å². The van der Waals surface area contributed by atoms with Crippen LogP contribution in [0.15, 0.2) is 23.1 Å². The summed E-state index contributed by atoms with van der Waals surface area (Å²) in [5.41, 5.74) is 0.183. The molecule has 1 amide bonds. The molecule has 2 fully saturated rings. The largest absolute Gasteiger partial charge is 0.480 e. The van der Waals surface area contributed by atoms with Crippen molar-refractivity contribution < 1.29 is 14.7 Å². The number of nitrogens with zero attached hydrogens (tertiary/aromatic N) is 2. The second-order valence-electron chi connectivity index (χ2n) is 6.28. The van der Waals surface area contributed by atoms with E-state index in [0.29, 0.717) is 12.0 Å². The number of aliphatic carboxylic acids is 1. The van der Waals surface area contributed by atoms with Crippen molar-refractivity contribution in [3.8, 4) is 0 Å². The number of hydrogen-bond donors (Lipinski definition) is 1. The molecule has 1 aliphatic carbocycles. The van der Waals surface area contributed by atoms with Gasteiger partial charge in [0, 0.05) is 25.4 Å². The molecule has 1 aromatic heterocycles. The zero-order valence-electron chi connectivity index (χ0n) is 12.6. The van der Waals surface area contributed by atoms with Gasteiger partial charge in [-0.2, -0.15) is 0 Å². The van der Waals surface area contributed by atoms with E-state index in [0.717, 1.165) is 25.7 Å². The smallest absolute Gasteiger partial charge is 0.326 e. The topological polar surface area (TPSA) is 79.6 Å². The van der Waals surface area contributed by atoms with Crippen LogP contribution in [0.1, 0.15) is 42.5 Å². The van der Waals surface area contributed by atoms with Gasteiger partial charge in [0.2, 0.25) is 5.56 Å². The molecule has 0 aromatic carbocycles. The van der Waals surface area contributed by atoms with E-state index in [9.17, 15) is 19.5 Å². The molecule has 22 heavy (non-hydrogen) atoms.